The summed E-state index contributed by atoms with van der Waals surface area (Å²) in [7, 11) is 0. The van der Waals surface area contributed by atoms with Crippen LogP contribution < -0.4 is 5.32 Å². The molecule has 0 aliphatic carbocycles. The van der Waals surface area contributed by atoms with Gasteiger partial charge in [-0.15, -0.1) is 10.2 Å². The molecule has 0 atom stereocenters. The maximum Gasteiger partial charge on any atom is 0.293 e. The minimum Gasteiger partial charge on any atom is -0.451 e. The van der Waals surface area contributed by atoms with Crippen molar-refractivity contribution in [3.63, 3.8) is 0 Å². The average Bonchev–Trinajstić information content (AvgIpc) is 3.21. The third-order valence-corrected chi connectivity index (χ3v) is 4.89. The topological polar surface area (TPSA) is 68.0 Å². The molecule has 1 N–H and O–H groups in total. The third-order valence-electron chi connectivity index (χ3n) is 3.77. The van der Waals surface area contributed by atoms with Gasteiger partial charge in [-0.3, -0.25) is 10.1 Å². The summed E-state index contributed by atoms with van der Waals surface area (Å²) >= 11 is 7.32. The second kappa shape index (κ2) is 6.31. The van der Waals surface area contributed by atoms with E-state index in [-0.39, 0.29) is 11.7 Å². The van der Waals surface area contributed by atoms with E-state index in [4.69, 9.17) is 16.0 Å². The van der Waals surface area contributed by atoms with Crippen molar-refractivity contribution in [3.8, 4) is 10.6 Å². The van der Waals surface area contributed by atoms with Gasteiger partial charge in [0, 0.05) is 21.5 Å². The van der Waals surface area contributed by atoms with Crippen LogP contribution in [-0.2, 0) is 0 Å². The van der Waals surface area contributed by atoms with E-state index >= 15 is 0 Å². The van der Waals surface area contributed by atoms with Crippen LogP contribution in [0.25, 0.3) is 21.5 Å². The van der Waals surface area contributed by atoms with Crippen molar-refractivity contribution >= 4 is 44.9 Å². The lowest BCUT2D eigenvalue weighted by atomic mass is 10.1. The summed E-state index contributed by atoms with van der Waals surface area (Å²) in [6, 6.07) is 14.9. The van der Waals surface area contributed by atoms with Crippen LogP contribution in [0.4, 0.5) is 5.13 Å². The summed E-state index contributed by atoms with van der Waals surface area (Å²) < 4.78 is 5.67. The Morgan fingerprint density at radius 2 is 1.96 bits per heavy atom. The average molecular weight is 370 g/mol. The highest BCUT2D eigenvalue weighted by Crippen LogP contribution is 2.30. The number of rotatable bonds is 3. The highest BCUT2D eigenvalue weighted by Gasteiger charge is 2.19. The Labute approximate surface area is 152 Å². The normalized spacial score (nSPS) is 11.0. The zero-order valence-electron chi connectivity index (χ0n) is 13.1. The number of furan rings is 1. The molecule has 2 heterocycles. The van der Waals surface area contributed by atoms with E-state index in [1.165, 1.54) is 11.3 Å². The molecule has 7 heteroatoms. The summed E-state index contributed by atoms with van der Waals surface area (Å²) in [5.74, 6) is -0.116. The van der Waals surface area contributed by atoms with Gasteiger partial charge in [0.2, 0.25) is 5.13 Å². The van der Waals surface area contributed by atoms with Gasteiger partial charge in [-0.25, -0.2) is 0 Å². The number of carbonyl (C=O) groups is 1. The lowest BCUT2D eigenvalue weighted by Gasteiger charge is -1.98. The van der Waals surface area contributed by atoms with Gasteiger partial charge in [-0.2, -0.15) is 0 Å². The van der Waals surface area contributed by atoms with Gasteiger partial charge < -0.3 is 4.42 Å². The quantitative estimate of drug-likeness (QED) is 0.541. The van der Waals surface area contributed by atoms with E-state index in [1.807, 2.05) is 37.3 Å². The van der Waals surface area contributed by atoms with Gasteiger partial charge in [-0.05, 0) is 25.1 Å². The van der Waals surface area contributed by atoms with Crippen LogP contribution in [0, 0.1) is 6.92 Å². The number of fused-ring (bicyclic) bond motifs is 1. The monoisotopic (exact) mass is 369 g/mol. The number of carbonyl (C=O) groups excluding carboxylic acids is 1. The lowest BCUT2D eigenvalue weighted by molar-refractivity contribution is 0.0998. The standard InChI is InChI=1S/C18H12ClN3O2S/c1-10-13-9-12(19)7-8-14(13)24-15(10)16(23)20-18-22-21-17(25-18)11-5-3-2-4-6-11/h2-9H,1H3,(H,20,22,23). The summed E-state index contributed by atoms with van der Waals surface area (Å²) in [5.41, 5.74) is 2.31. The molecule has 2 aromatic carbocycles. The summed E-state index contributed by atoms with van der Waals surface area (Å²) in [4.78, 5) is 12.5. The Morgan fingerprint density at radius 1 is 1.16 bits per heavy atom. The number of nitrogens with zero attached hydrogens (tertiary/aromatic N) is 2. The van der Waals surface area contributed by atoms with Crippen molar-refractivity contribution in [2.75, 3.05) is 5.32 Å². The Hall–Kier alpha value is -2.70. The van der Waals surface area contributed by atoms with E-state index < -0.39 is 0 Å². The zero-order chi connectivity index (χ0) is 17.4. The maximum atomic E-state index is 12.5. The predicted molar refractivity (Wildman–Crippen MR) is 99.3 cm³/mol. The Morgan fingerprint density at radius 3 is 2.76 bits per heavy atom. The van der Waals surface area contributed by atoms with Crippen LogP contribution in [0.1, 0.15) is 16.1 Å². The highest BCUT2D eigenvalue weighted by molar-refractivity contribution is 7.18. The number of aryl methyl sites for hydroxylation is 1. The van der Waals surface area contributed by atoms with Crippen molar-refractivity contribution in [2.24, 2.45) is 0 Å². The molecule has 2 aromatic heterocycles. The summed E-state index contributed by atoms with van der Waals surface area (Å²) in [6.07, 6.45) is 0. The molecule has 4 rings (SSSR count). The molecular weight excluding hydrogens is 358 g/mol. The molecule has 0 bridgehead atoms. The number of aromatic nitrogens is 2. The molecule has 0 fully saturated rings. The van der Waals surface area contributed by atoms with Crippen molar-refractivity contribution in [3.05, 3.63) is 64.9 Å². The molecule has 0 aliphatic heterocycles. The number of amides is 1. The predicted octanol–water partition coefficient (Wildman–Crippen LogP) is 5.17. The first-order valence-corrected chi connectivity index (χ1v) is 8.70. The van der Waals surface area contributed by atoms with E-state index in [1.54, 1.807) is 18.2 Å². The van der Waals surface area contributed by atoms with Gasteiger partial charge in [-0.1, -0.05) is 53.3 Å². The molecule has 25 heavy (non-hydrogen) atoms. The van der Waals surface area contributed by atoms with Gasteiger partial charge in [0.1, 0.15) is 10.6 Å². The molecule has 0 aliphatic rings. The molecule has 5 nitrogen and oxygen atoms in total. The maximum absolute atomic E-state index is 12.5. The van der Waals surface area contributed by atoms with Crippen LogP contribution in [0.2, 0.25) is 5.02 Å². The molecule has 0 unspecified atom stereocenters. The van der Waals surface area contributed by atoms with Gasteiger partial charge in [0.15, 0.2) is 5.76 Å². The zero-order valence-corrected chi connectivity index (χ0v) is 14.7. The summed E-state index contributed by atoms with van der Waals surface area (Å²) in [5, 5.41) is 13.5. The smallest absolute Gasteiger partial charge is 0.293 e. The number of hydrogen-bond donors (Lipinski definition) is 1. The number of benzene rings is 2. The van der Waals surface area contributed by atoms with Crippen LogP contribution in [0.5, 0.6) is 0 Å². The van der Waals surface area contributed by atoms with Crippen molar-refractivity contribution in [1.29, 1.82) is 0 Å². The Bertz CT molecular complexity index is 1070. The van der Waals surface area contributed by atoms with Crippen LogP contribution in [0.3, 0.4) is 0 Å². The molecule has 0 saturated heterocycles. The largest absolute Gasteiger partial charge is 0.451 e. The first-order valence-electron chi connectivity index (χ1n) is 7.51. The number of nitrogens with one attached hydrogen (secondary N) is 1. The second-order valence-electron chi connectivity index (χ2n) is 5.43. The van der Waals surface area contributed by atoms with Crippen molar-refractivity contribution in [2.45, 2.75) is 6.92 Å². The molecule has 1 amide bonds. The molecule has 0 radical (unpaired) electrons. The molecule has 0 saturated carbocycles. The lowest BCUT2D eigenvalue weighted by Crippen LogP contribution is -2.11. The molecule has 4 aromatic rings. The second-order valence-corrected chi connectivity index (χ2v) is 6.84. The first-order chi connectivity index (χ1) is 12.1. The highest BCUT2D eigenvalue weighted by atomic mass is 35.5. The van der Waals surface area contributed by atoms with E-state index in [2.05, 4.69) is 15.5 Å². The summed E-state index contributed by atoms with van der Waals surface area (Å²) in [6.45, 7) is 1.83. The van der Waals surface area contributed by atoms with Gasteiger partial charge in [0.25, 0.3) is 5.91 Å². The minimum absolute atomic E-state index is 0.244. The molecule has 0 spiro atoms. The minimum atomic E-state index is -0.361. The Kier molecular flexibility index (Phi) is 3.99. The fraction of sp³-hybridized carbons (Fsp3) is 0.0556. The fourth-order valence-corrected chi connectivity index (χ4v) is 3.45. The van der Waals surface area contributed by atoms with Crippen molar-refractivity contribution < 1.29 is 9.21 Å². The van der Waals surface area contributed by atoms with E-state index in [9.17, 15) is 4.79 Å². The van der Waals surface area contributed by atoms with Crippen LogP contribution >= 0.6 is 22.9 Å². The first kappa shape index (κ1) is 15.8. The SMILES string of the molecule is Cc1c(C(=O)Nc2nnc(-c3ccccc3)s2)oc2ccc(Cl)cc12. The van der Waals surface area contributed by atoms with Crippen LogP contribution in [-0.4, -0.2) is 16.1 Å². The third kappa shape index (κ3) is 3.01. The molecule has 124 valence electrons. The number of anilines is 1. The fourth-order valence-electron chi connectivity index (χ4n) is 2.53. The van der Waals surface area contributed by atoms with Gasteiger partial charge >= 0.3 is 0 Å². The van der Waals surface area contributed by atoms with Gasteiger partial charge in [0.05, 0.1) is 0 Å². The molecular formula is C18H12ClN3O2S. The van der Waals surface area contributed by atoms with E-state index in [0.29, 0.717) is 15.7 Å². The van der Waals surface area contributed by atoms with E-state index in [0.717, 1.165) is 21.5 Å². The van der Waals surface area contributed by atoms with Crippen LogP contribution in [0.15, 0.2) is 52.9 Å². The number of hydrogen-bond acceptors (Lipinski definition) is 5. The Balaban J connectivity index is 1.61. The number of halogens is 1. The van der Waals surface area contributed by atoms with Crippen molar-refractivity contribution in [1.82, 2.24) is 10.2 Å².